The van der Waals surface area contributed by atoms with E-state index in [9.17, 15) is 23.5 Å². The van der Waals surface area contributed by atoms with Crippen molar-refractivity contribution in [1.29, 1.82) is 0 Å². The second-order valence-corrected chi connectivity index (χ2v) is 8.16. The van der Waals surface area contributed by atoms with Crippen molar-refractivity contribution < 1.29 is 18.7 Å². The van der Waals surface area contributed by atoms with Crippen molar-refractivity contribution in [3.63, 3.8) is 0 Å². The highest BCUT2D eigenvalue weighted by atomic mass is 19.3. The van der Waals surface area contributed by atoms with E-state index >= 15 is 0 Å². The Labute approximate surface area is 192 Å². The van der Waals surface area contributed by atoms with Crippen molar-refractivity contribution in [3.8, 4) is 11.1 Å². The quantitative estimate of drug-likeness (QED) is 0.352. The Hall–Kier alpha value is -3.22. The number of carboxylic acids is 1. The Balaban J connectivity index is 1.97. The summed E-state index contributed by atoms with van der Waals surface area (Å²) in [4.78, 5) is 24.6. The molecule has 0 aliphatic carbocycles. The molecule has 0 fully saturated rings. The van der Waals surface area contributed by atoms with Gasteiger partial charge in [-0.15, -0.1) is 0 Å². The van der Waals surface area contributed by atoms with Gasteiger partial charge in [0.25, 0.3) is 6.43 Å². The molecule has 0 unspecified atom stereocenters. The van der Waals surface area contributed by atoms with Gasteiger partial charge in [0.05, 0.1) is 12.1 Å². The number of hydrogen-bond donors (Lipinski definition) is 1. The van der Waals surface area contributed by atoms with Gasteiger partial charge >= 0.3 is 11.7 Å². The van der Waals surface area contributed by atoms with Crippen molar-refractivity contribution in [2.24, 2.45) is 0 Å². The summed E-state index contributed by atoms with van der Waals surface area (Å²) in [6, 6.07) is 14.0. The summed E-state index contributed by atoms with van der Waals surface area (Å²) in [5, 5.41) is 9.44. The molecule has 0 bridgehead atoms. The zero-order valence-electron chi connectivity index (χ0n) is 19.1. The topological polar surface area (TPSA) is 64.2 Å². The first-order valence-corrected chi connectivity index (χ1v) is 11.4. The maximum absolute atomic E-state index is 14.0. The third-order valence-corrected chi connectivity index (χ3v) is 5.82. The molecule has 0 aliphatic rings. The third-order valence-electron chi connectivity index (χ3n) is 5.82. The van der Waals surface area contributed by atoms with Crippen LogP contribution in [0, 0.1) is 0 Å². The highest BCUT2D eigenvalue weighted by molar-refractivity contribution is 5.95. The highest BCUT2D eigenvalue weighted by Gasteiger charge is 2.25. The Morgan fingerprint density at radius 1 is 0.970 bits per heavy atom. The van der Waals surface area contributed by atoms with Crippen LogP contribution in [0.5, 0.6) is 0 Å². The molecule has 3 rings (SSSR count). The van der Waals surface area contributed by atoms with Crippen LogP contribution < -0.4 is 5.69 Å². The smallest absolute Gasteiger partial charge is 0.336 e. The summed E-state index contributed by atoms with van der Waals surface area (Å²) in [6.07, 6.45) is 0.852. The summed E-state index contributed by atoms with van der Waals surface area (Å²) >= 11 is 0. The van der Waals surface area contributed by atoms with Crippen LogP contribution in [0.1, 0.15) is 73.3 Å². The Morgan fingerprint density at radius 2 is 1.67 bits per heavy atom. The standard InChI is InChI=1S/C26H30F2N2O3/c1-3-5-8-16-29-23(24(27)28)22(9-4-2)30(26(29)33)17-18-12-14-19(15-13-18)20-10-6-7-11-21(20)25(31)32/h6-7,10-15,24H,3-5,8-9,16-17H2,1-2H3,(H,31,32). The SMILES string of the molecule is CCCCCn1c(C(F)F)c(CCC)n(Cc2ccc(-c3ccccc3C(=O)O)cc2)c1=O. The van der Waals surface area contributed by atoms with E-state index in [1.165, 1.54) is 9.13 Å². The number of unbranched alkanes of at least 4 members (excludes halogenated alkanes) is 2. The average Bonchev–Trinajstić information content (AvgIpc) is 3.06. The molecular weight excluding hydrogens is 426 g/mol. The molecule has 176 valence electrons. The predicted molar refractivity (Wildman–Crippen MR) is 125 cm³/mol. The lowest BCUT2D eigenvalue weighted by molar-refractivity contribution is 0.0697. The predicted octanol–water partition coefficient (Wildman–Crippen LogP) is 6.14. The molecule has 7 heteroatoms. The van der Waals surface area contributed by atoms with Gasteiger partial charge in [-0.25, -0.2) is 18.4 Å². The zero-order chi connectivity index (χ0) is 24.0. The highest BCUT2D eigenvalue weighted by Crippen LogP contribution is 2.27. The molecule has 1 aromatic heterocycles. The first kappa shape index (κ1) is 24.4. The van der Waals surface area contributed by atoms with Gasteiger partial charge in [0, 0.05) is 12.2 Å². The monoisotopic (exact) mass is 456 g/mol. The molecule has 2 aromatic carbocycles. The number of imidazole rings is 1. The van der Waals surface area contributed by atoms with Gasteiger partial charge < -0.3 is 5.11 Å². The number of carbonyl (C=O) groups is 1. The van der Waals surface area contributed by atoms with E-state index < -0.39 is 18.1 Å². The fraction of sp³-hybridized carbons (Fsp3) is 0.385. The van der Waals surface area contributed by atoms with Gasteiger partial charge in [-0.3, -0.25) is 9.13 Å². The first-order chi connectivity index (χ1) is 15.9. The van der Waals surface area contributed by atoms with E-state index in [1.54, 1.807) is 36.4 Å². The number of hydrogen-bond acceptors (Lipinski definition) is 2. The maximum Gasteiger partial charge on any atom is 0.336 e. The van der Waals surface area contributed by atoms with E-state index in [-0.39, 0.29) is 17.8 Å². The number of aromatic nitrogens is 2. The molecule has 33 heavy (non-hydrogen) atoms. The van der Waals surface area contributed by atoms with Crippen molar-refractivity contribution in [3.05, 3.63) is 81.5 Å². The molecule has 5 nitrogen and oxygen atoms in total. The largest absolute Gasteiger partial charge is 0.478 e. The summed E-state index contributed by atoms with van der Waals surface area (Å²) < 4.78 is 30.7. The van der Waals surface area contributed by atoms with E-state index in [0.717, 1.165) is 24.0 Å². The van der Waals surface area contributed by atoms with Crippen LogP contribution in [0.25, 0.3) is 11.1 Å². The van der Waals surface area contributed by atoms with Crippen LogP contribution >= 0.6 is 0 Å². The van der Waals surface area contributed by atoms with Crippen LogP contribution in [-0.4, -0.2) is 20.2 Å². The van der Waals surface area contributed by atoms with E-state index in [2.05, 4.69) is 0 Å². The van der Waals surface area contributed by atoms with E-state index in [0.29, 0.717) is 37.1 Å². The number of carboxylic acid groups (broad SMARTS) is 1. The van der Waals surface area contributed by atoms with Crippen molar-refractivity contribution >= 4 is 5.97 Å². The number of aromatic carboxylic acids is 1. The van der Waals surface area contributed by atoms with Crippen LogP contribution in [0.15, 0.2) is 53.3 Å². The van der Waals surface area contributed by atoms with Crippen molar-refractivity contribution in [2.45, 2.75) is 65.5 Å². The fourth-order valence-electron chi connectivity index (χ4n) is 4.19. The number of alkyl halides is 2. The van der Waals surface area contributed by atoms with Crippen molar-refractivity contribution in [2.75, 3.05) is 0 Å². The molecule has 0 aliphatic heterocycles. The molecule has 3 aromatic rings. The lowest BCUT2D eigenvalue weighted by atomic mass is 9.99. The Morgan fingerprint density at radius 3 is 2.27 bits per heavy atom. The van der Waals surface area contributed by atoms with Crippen LogP contribution in [0.3, 0.4) is 0 Å². The summed E-state index contributed by atoms with van der Waals surface area (Å²) in [5.74, 6) is -1.01. The minimum absolute atomic E-state index is 0.162. The Kier molecular flexibility index (Phi) is 8.20. The maximum atomic E-state index is 14.0. The molecule has 0 radical (unpaired) electrons. The molecule has 0 saturated heterocycles. The summed E-state index contributed by atoms with van der Waals surface area (Å²) in [7, 11) is 0. The molecular formula is C26H30F2N2O3. The molecule has 0 amide bonds. The molecule has 1 heterocycles. The van der Waals surface area contributed by atoms with Gasteiger partial charge in [0.2, 0.25) is 0 Å². The van der Waals surface area contributed by atoms with Crippen molar-refractivity contribution in [1.82, 2.24) is 9.13 Å². The van der Waals surface area contributed by atoms with Gasteiger partial charge in [0.1, 0.15) is 5.69 Å². The van der Waals surface area contributed by atoms with Gasteiger partial charge in [-0.1, -0.05) is 75.6 Å². The lowest BCUT2D eigenvalue weighted by Crippen LogP contribution is -2.26. The van der Waals surface area contributed by atoms with Gasteiger partial charge in [-0.2, -0.15) is 0 Å². The molecule has 0 atom stereocenters. The van der Waals surface area contributed by atoms with Crippen LogP contribution in [-0.2, 0) is 19.5 Å². The summed E-state index contributed by atoms with van der Waals surface area (Å²) in [6.45, 7) is 4.42. The minimum Gasteiger partial charge on any atom is -0.478 e. The number of benzene rings is 2. The Bertz CT molecular complexity index is 1150. The zero-order valence-corrected chi connectivity index (χ0v) is 19.1. The average molecular weight is 457 g/mol. The van der Waals surface area contributed by atoms with Gasteiger partial charge in [-0.05, 0) is 35.6 Å². The number of rotatable bonds is 11. The second-order valence-electron chi connectivity index (χ2n) is 8.16. The molecule has 0 spiro atoms. The first-order valence-electron chi connectivity index (χ1n) is 11.4. The molecule has 0 saturated carbocycles. The normalized spacial score (nSPS) is 11.3. The number of nitrogens with zero attached hydrogens (tertiary/aromatic N) is 2. The van der Waals surface area contributed by atoms with Crippen LogP contribution in [0.2, 0.25) is 0 Å². The third kappa shape index (κ3) is 5.41. The minimum atomic E-state index is -2.71. The molecule has 1 N–H and O–H groups in total. The number of halogens is 2. The lowest BCUT2D eigenvalue weighted by Gasteiger charge is -2.11. The van der Waals surface area contributed by atoms with Gasteiger partial charge in [0.15, 0.2) is 0 Å². The summed E-state index contributed by atoms with van der Waals surface area (Å²) in [5.41, 5.74) is 2.17. The van der Waals surface area contributed by atoms with E-state index in [4.69, 9.17) is 0 Å². The van der Waals surface area contributed by atoms with E-state index in [1.807, 2.05) is 26.0 Å². The second kappa shape index (κ2) is 11.1. The fourth-order valence-corrected chi connectivity index (χ4v) is 4.19. The van der Waals surface area contributed by atoms with Crippen LogP contribution in [0.4, 0.5) is 8.78 Å².